The maximum Gasteiger partial charge on any atom is 0.250 e. The number of para-hydroxylation sites is 2. The fraction of sp³-hybridized carbons (Fsp3) is 0.192. The number of hydrogen-bond donors (Lipinski definition) is 1. The molecule has 0 radical (unpaired) electrons. The van der Waals surface area contributed by atoms with Gasteiger partial charge in [0, 0.05) is 0 Å². The summed E-state index contributed by atoms with van der Waals surface area (Å²) in [6.45, 7) is 4.91. The molecule has 5 nitrogen and oxygen atoms in total. The third kappa shape index (κ3) is 5.45. The lowest BCUT2D eigenvalue weighted by Gasteiger charge is -2.09. The molecule has 0 aliphatic rings. The van der Waals surface area contributed by atoms with E-state index >= 15 is 0 Å². The summed E-state index contributed by atoms with van der Waals surface area (Å²) in [5.74, 6) is 0.0777. The van der Waals surface area contributed by atoms with Crippen LogP contribution in [0.5, 0.6) is 0 Å². The van der Waals surface area contributed by atoms with E-state index in [-0.39, 0.29) is 11.7 Å². The van der Waals surface area contributed by atoms with Crippen LogP contribution in [0.15, 0.2) is 83.1 Å². The minimum absolute atomic E-state index is 0.162. The Hall–Kier alpha value is -3.38. The van der Waals surface area contributed by atoms with Crippen molar-refractivity contribution in [2.45, 2.75) is 32.0 Å². The Morgan fingerprint density at radius 3 is 2.50 bits per heavy atom. The van der Waals surface area contributed by atoms with Crippen LogP contribution >= 0.6 is 11.8 Å². The Kier molecular flexibility index (Phi) is 7.02. The van der Waals surface area contributed by atoms with Crippen LogP contribution in [0.2, 0.25) is 0 Å². The monoisotopic (exact) mass is 442 g/mol. The molecule has 3 aromatic carbocycles. The van der Waals surface area contributed by atoms with Crippen molar-refractivity contribution < 1.29 is 4.79 Å². The van der Waals surface area contributed by atoms with E-state index in [1.807, 2.05) is 30.3 Å². The molecule has 0 bridgehead atoms. The van der Waals surface area contributed by atoms with Crippen LogP contribution in [0, 0.1) is 6.92 Å². The van der Waals surface area contributed by atoms with E-state index in [1.54, 1.807) is 6.21 Å². The third-order valence-electron chi connectivity index (χ3n) is 5.20. The number of thioether (sulfide) groups is 1. The van der Waals surface area contributed by atoms with E-state index in [2.05, 4.69) is 71.4 Å². The summed E-state index contributed by atoms with van der Waals surface area (Å²) in [5, 5.41) is 4.91. The molecule has 162 valence electrons. The number of hydrogen-bond acceptors (Lipinski definition) is 4. The Balaban J connectivity index is 1.42. The van der Waals surface area contributed by atoms with Gasteiger partial charge in [-0.25, -0.2) is 10.4 Å². The van der Waals surface area contributed by atoms with Crippen molar-refractivity contribution in [2.24, 2.45) is 5.10 Å². The number of hydrazone groups is 1. The molecule has 4 rings (SSSR count). The first kappa shape index (κ1) is 21.8. The molecule has 0 unspecified atom stereocenters. The second-order valence-corrected chi connectivity index (χ2v) is 8.57. The van der Waals surface area contributed by atoms with E-state index < -0.39 is 0 Å². The molecule has 32 heavy (non-hydrogen) atoms. The molecule has 1 heterocycles. The molecule has 0 aliphatic carbocycles. The van der Waals surface area contributed by atoms with Gasteiger partial charge in [-0.05, 0) is 42.2 Å². The second-order valence-electron chi connectivity index (χ2n) is 7.63. The molecule has 1 amide bonds. The van der Waals surface area contributed by atoms with Crippen molar-refractivity contribution in [1.82, 2.24) is 15.0 Å². The highest BCUT2D eigenvalue weighted by molar-refractivity contribution is 7.99. The zero-order valence-electron chi connectivity index (χ0n) is 18.3. The van der Waals surface area contributed by atoms with Crippen molar-refractivity contribution in [3.63, 3.8) is 0 Å². The number of amides is 1. The van der Waals surface area contributed by atoms with Gasteiger partial charge in [0.2, 0.25) is 0 Å². The highest BCUT2D eigenvalue weighted by Crippen LogP contribution is 2.25. The summed E-state index contributed by atoms with van der Waals surface area (Å²) in [5.41, 5.74) is 9.26. The molecule has 0 atom stereocenters. The second kappa shape index (κ2) is 10.3. The molecule has 4 aromatic rings. The average molecular weight is 443 g/mol. The number of nitrogens with one attached hydrogen (secondary N) is 1. The molecular weight excluding hydrogens is 416 g/mol. The highest BCUT2D eigenvalue weighted by atomic mass is 32.2. The molecule has 0 spiro atoms. The normalized spacial score (nSPS) is 11.3. The van der Waals surface area contributed by atoms with Crippen molar-refractivity contribution in [3.8, 4) is 0 Å². The summed E-state index contributed by atoms with van der Waals surface area (Å²) in [6, 6.07) is 24.7. The maximum absolute atomic E-state index is 12.3. The number of aromatic nitrogens is 2. The first-order chi connectivity index (χ1) is 15.6. The fourth-order valence-electron chi connectivity index (χ4n) is 3.37. The molecule has 1 aromatic heterocycles. The van der Waals surface area contributed by atoms with Gasteiger partial charge in [0.15, 0.2) is 5.16 Å². The number of carbonyl (C=O) groups is 1. The summed E-state index contributed by atoms with van der Waals surface area (Å²) in [7, 11) is 0. The Morgan fingerprint density at radius 1 is 1.03 bits per heavy atom. The van der Waals surface area contributed by atoms with E-state index in [0.717, 1.165) is 28.2 Å². The number of carbonyl (C=O) groups excluding carboxylic acids is 1. The zero-order valence-corrected chi connectivity index (χ0v) is 19.1. The summed E-state index contributed by atoms with van der Waals surface area (Å²) < 4.78 is 2.16. The molecule has 0 saturated carbocycles. The van der Waals surface area contributed by atoms with E-state index in [9.17, 15) is 4.79 Å². The Bertz CT molecular complexity index is 1230. The average Bonchev–Trinajstić information content (AvgIpc) is 3.17. The quantitative estimate of drug-likeness (QED) is 0.232. The largest absolute Gasteiger partial charge is 0.314 e. The van der Waals surface area contributed by atoms with Crippen LogP contribution in [-0.4, -0.2) is 27.4 Å². The summed E-state index contributed by atoms with van der Waals surface area (Å²) in [4.78, 5) is 17.1. The number of imidazole rings is 1. The van der Waals surface area contributed by atoms with Crippen LogP contribution in [-0.2, 0) is 17.8 Å². The van der Waals surface area contributed by atoms with Crippen LogP contribution in [0.1, 0.15) is 29.2 Å². The van der Waals surface area contributed by atoms with Gasteiger partial charge in [-0.15, -0.1) is 0 Å². The maximum atomic E-state index is 12.3. The number of aryl methyl sites for hydroxylation is 2. The number of fused-ring (bicyclic) bond motifs is 1. The van der Waals surface area contributed by atoms with Gasteiger partial charge in [0.1, 0.15) is 0 Å². The minimum Gasteiger partial charge on any atom is -0.314 e. The third-order valence-corrected chi connectivity index (χ3v) is 6.18. The van der Waals surface area contributed by atoms with E-state index in [0.29, 0.717) is 6.54 Å². The summed E-state index contributed by atoms with van der Waals surface area (Å²) in [6.07, 6.45) is 2.66. The lowest BCUT2D eigenvalue weighted by molar-refractivity contribution is -0.118. The number of rotatable bonds is 8. The Morgan fingerprint density at radius 2 is 1.75 bits per heavy atom. The van der Waals surface area contributed by atoms with Gasteiger partial charge < -0.3 is 4.57 Å². The summed E-state index contributed by atoms with van der Waals surface area (Å²) >= 11 is 1.42. The van der Waals surface area contributed by atoms with Crippen LogP contribution in [0.4, 0.5) is 0 Å². The van der Waals surface area contributed by atoms with Gasteiger partial charge in [-0.2, -0.15) is 5.10 Å². The smallest absolute Gasteiger partial charge is 0.250 e. The van der Waals surface area contributed by atoms with Gasteiger partial charge in [0.05, 0.1) is 29.5 Å². The lowest BCUT2D eigenvalue weighted by atomic mass is 10.1. The van der Waals surface area contributed by atoms with Crippen LogP contribution in [0.3, 0.4) is 0 Å². The predicted molar refractivity (Wildman–Crippen MR) is 132 cm³/mol. The van der Waals surface area contributed by atoms with E-state index in [1.165, 1.54) is 28.5 Å². The van der Waals surface area contributed by atoms with Gasteiger partial charge in [-0.3, -0.25) is 4.79 Å². The van der Waals surface area contributed by atoms with Crippen molar-refractivity contribution in [3.05, 3.63) is 95.1 Å². The highest BCUT2D eigenvalue weighted by Gasteiger charge is 2.13. The molecule has 0 saturated heterocycles. The van der Waals surface area contributed by atoms with Crippen molar-refractivity contribution >= 4 is 34.9 Å². The number of benzene rings is 3. The SMILES string of the molecule is CCc1ccc(C=NNC(=O)CSc2nc3ccccc3n2Cc2ccc(C)cc2)cc1. The molecule has 1 N–H and O–H groups in total. The molecule has 0 aliphatic heterocycles. The topological polar surface area (TPSA) is 59.3 Å². The number of nitrogens with zero attached hydrogens (tertiary/aromatic N) is 3. The van der Waals surface area contributed by atoms with Gasteiger partial charge >= 0.3 is 0 Å². The fourth-order valence-corrected chi connectivity index (χ4v) is 4.18. The minimum atomic E-state index is -0.162. The van der Waals surface area contributed by atoms with Crippen molar-refractivity contribution in [2.75, 3.05) is 5.75 Å². The molecule has 0 fully saturated rings. The Labute approximate surface area is 192 Å². The molecular formula is C26H26N4OS. The molecule has 6 heteroatoms. The van der Waals surface area contributed by atoms with Gasteiger partial charge in [-0.1, -0.05) is 84.9 Å². The van der Waals surface area contributed by atoms with Crippen molar-refractivity contribution in [1.29, 1.82) is 0 Å². The first-order valence-corrected chi connectivity index (χ1v) is 11.7. The van der Waals surface area contributed by atoms with E-state index in [4.69, 9.17) is 4.98 Å². The first-order valence-electron chi connectivity index (χ1n) is 10.7. The standard InChI is InChI=1S/C26H26N4OS/c1-3-20-12-14-21(15-13-20)16-27-29-25(31)18-32-26-28-23-6-4-5-7-24(23)30(26)17-22-10-8-19(2)9-11-22/h4-16H,3,17-18H2,1-2H3,(H,29,31). The predicted octanol–water partition coefficient (Wildman–Crippen LogP) is 5.20. The zero-order chi connectivity index (χ0) is 22.3. The van der Waals surface area contributed by atoms with Gasteiger partial charge in [0.25, 0.3) is 5.91 Å². The lowest BCUT2D eigenvalue weighted by Crippen LogP contribution is -2.20. The van der Waals surface area contributed by atoms with Crippen LogP contribution < -0.4 is 5.43 Å². The van der Waals surface area contributed by atoms with Crippen LogP contribution in [0.25, 0.3) is 11.0 Å².